The van der Waals surface area contributed by atoms with E-state index in [1.165, 1.54) is 31.7 Å². The van der Waals surface area contributed by atoms with Crippen LogP contribution in [-0.2, 0) is 11.0 Å². The number of thiocarbonyl (C=S) groups is 1. The zero-order chi connectivity index (χ0) is 29.6. The fraction of sp³-hybridized carbons (Fsp3) is 0.320. The molecule has 1 aliphatic heterocycles. The summed E-state index contributed by atoms with van der Waals surface area (Å²) < 4.78 is 88.4. The van der Waals surface area contributed by atoms with Gasteiger partial charge in [-0.1, -0.05) is 5.92 Å². The number of aromatic nitrogens is 3. The topological polar surface area (TPSA) is 91.7 Å². The first-order valence-corrected chi connectivity index (χ1v) is 11.8. The number of benzene rings is 1. The number of pyridine rings is 1. The van der Waals surface area contributed by atoms with Crippen LogP contribution in [0.1, 0.15) is 44.3 Å². The van der Waals surface area contributed by atoms with Crippen molar-refractivity contribution in [3.63, 3.8) is 0 Å². The van der Waals surface area contributed by atoms with Crippen LogP contribution < -0.4 is 14.5 Å². The van der Waals surface area contributed by atoms with Gasteiger partial charge < -0.3 is 14.7 Å². The van der Waals surface area contributed by atoms with E-state index in [2.05, 4.69) is 26.8 Å². The van der Waals surface area contributed by atoms with Crippen molar-refractivity contribution in [3.05, 3.63) is 47.3 Å². The molecule has 1 saturated heterocycles. The molecule has 1 fully saturated rings. The Bertz CT molecular complexity index is 1590. The summed E-state index contributed by atoms with van der Waals surface area (Å²) in [5, 5.41) is 8.63. The monoisotopic (exact) mass is 583 g/mol. The van der Waals surface area contributed by atoms with E-state index < -0.39 is 65.0 Å². The molecule has 1 aliphatic rings. The number of hydrogen-bond donors (Lipinski definition) is 1. The van der Waals surface area contributed by atoms with E-state index in [0.29, 0.717) is 6.07 Å². The molecule has 2 aromatic heterocycles. The molecule has 0 atom stereocenters. The number of amides is 1. The lowest BCUT2D eigenvalue weighted by molar-refractivity contribution is -0.138. The van der Waals surface area contributed by atoms with E-state index in [1.54, 1.807) is 0 Å². The number of fused-ring (bicyclic) bond motifs is 1. The summed E-state index contributed by atoms with van der Waals surface area (Å²) in [5.41, 5.74) is -4.14. The lowest BCUT2D eigenvalue weighted by atomic mass is 10.0. The maximum absolute atomic E-state index is 15.3. The van der Waals surface area contributed by atoms with Crippen LogP contribution in [0.2, 0.25) is 0 Å². The predicted octanol–water partition coefficient (Wildman–Crippen LogP) is 4.78. The number of carbonyl (C=O) groups excluding carboxylic acids is 1. The molecular weight excluding hydrogens is 564 g/mol. The summed E-state index contributed by atoms with van der Waals surface area (Å²) in [6, 6.07) is 2.83. The van der Waals surface area contributed by atoms with Crippen LogP contribution in [0.5, 0.6) is 5.88 Å². The number of ether oxygens (including phenoxy) is 1. The number of rotatable bonds is 6. The van der Waals surface area contributed by atoms with Gasteiger partial charge in [0, 0.05) is 5.69 Å². The maximum atomic E-state index is 15.3. The largest absolute Gasteiger partial charge is 0.475 e. The highest BCUT2D eigenvalue weighted by Crippen LogP contribution is 2.41. The Hall–Kier alpha value is -4.03. The second-order valence-electron chi connectivity index (χ2n) is 8.86. The molecule has 210 valence electrons. The fourth-order valence-electron chi connectivity index (χ4n) is 4.11. The van der Waals surface area contributed by atoms with Crippen molar-refractivity contribution in [2.45, 2.75) is 38.9 Å². The lowest BCUT2D eigenvalue weighted by Crippen LogP contribution is -2.44. The zero-order valence-corrected chi connectivity index (χ0v) is 21.8. The van der Waals surface area contributed by atoms with Crippen LogP contribution in [0, 0.1) is 17.7 Å². The van der Waals surface area contributed by atoms with Gasteiger partial charge >= 0.3 is 6.18 Å². The van der Waals surface area contributed by atoms with Crippen LogP contribution >= 0.6 is 12.2 Å². The van der Waals surface area contributed by atoms with E-state index in [1.807, 2.05) is 0 Å². The number of alkyl halides is 5. The van der Waals surface area contributed by atoms with E-state index in [9.17, 15) is 26.7 Å². The standard InChI is InChI=1S/C25H19F6N5O3S/c1-4-5-17-15(25(29,30)31)9-13(11-32-17)35-22(38)24(2,3)36(23(35)40)12-8-14-18(16(26)10-12)33-20(19(27)28)34-21(14)39-7-6-37/h8-11,19,37H,6-7H2,1-3H3. The lowest BCUT2D eigenvalue weighted by Gasteiger charge is -2.29. The van der Waals surface area contributed by atoms with E-state index in [-0.39, 0.29) is 28.5 Å². The first kappa shape index (κ1) is 29.0. The second kappa shape index (κ2) is 10.5. The Labute approximate surface area is 228 Å². The third-order valence-electron chi connectivity index (χ3n) is 5.85. The molecule has 3 aromatic rings. The number of anilines is 2. The third-order valence-corrected chi connectivity index (χ3v) is 6.22. The smallest absolute Gasteiger partial charge is 0.419 e. The Morgan fingerprint density at radius 2 is 1.88 bits per heavy atom. The molecule has 15 heteroatoms. The Balaban J connectivity index is 1.87. The SMILES string of the molecule is CC#Cc1ncc(N2C(=O)C(C)(C)N(c3cc(F)c4nc(C(F)F)nc(OCCO)c4c3)C2=S)cc1C(F)(F)F. The molecule has 0 unspecified atom stereocenters. The van der Waals surface area contributed by atoms with Crippen molar-refractivity contribution >= 4 is 45.5 Å². The van der Waals surface area contributed by atoms with Crippen molar-refractivity contribution in [3.8, 4) is 17.7 Å². The molecule has 1 aromatic carbocycles. The van der Waals surface area contributed by atoms with Gasteiger partial charge in [-0.2, -0.15) is 18.2 Å². The summed E-state index contributed by atoms with van der Waals surface area (Å²) >= 11 is 5.47. The Kier molecular flexibility index (Phi) is 7.61. The van der Waals surface area contributed by atoms with E-state index in [0.717, 1.165) is 17.2 Å². The summed E-state index contributed by atoms with van der Waals surface area (Å²) in [5.74, 6) is 1.34. The van der Waals surface area contributed by atoms with Crippen molar-refractivity contribution in [1.82, 2.24) is 15.0 Å². The summed E-state index contributed by atoms with van der Waals surface area (Å²) in [4.78, 5) is 26.5. The van der Waals surface area contributed by atoms with Gasteiger partial charge in [0.15, 0.2) is 16.8 Å². The number of hydrogen-bond acceptors (Lipinski definition) is 7. The molecule has 0 spiro atoms. The summed E-state index contributed by atoms with van der Waals surface area (Å²) in [6.45, 7) is 3.32. The maximum Gasteiger partial charge on any atom is 0.419 e. The van der Waals surface area contributed by atoms with E-state index in [4.69, 9.17) is 22.1 Å². The van der Waals surface area contributed by atoms with Gasteiger partial charge in [0.2, 0.25) is 5.88 Å². The highest BCUT2D eigenvalue weighted by molar-refractivity contribution is 7.81. The molecule has 3 heterocycles. The predicted molar refractivity (Wildman–Crippen MR) is 135 cm³/mol. The normalized spacial score (nSPS) is 15.2. The number of halogens is 6. The Morgan fingerprint density at radius 3 is 2.48 bits per heavy atom. The molecule has 40 heavy (non-hydrogen) atoms. The second-order valence-corrected chi connectivity index (χ2v) is 9.23. The zero-order valence-electron chi connectivity index (χ0n) is 21.0. The quantitative estimate of drug-likeness (QED) is 0.252. The van der Waals surface area contributed by atoms with Crippen molar-refractivity contribution < 1.29 is 41.0 Å². The molecule has 0 saturated carbocycles. The molecule has 8 nitrogen and oxygen atoms in total. The number of carbonyl (C=O) groups is 1. The van der Waals surface area contributed by atoms with Gasteiger partial charge in [-0.25, -0.2) is 23.1 Å². The molecule has 0 radical (unpaired) electrons. The Morgan fingerprint density at radius 1 is 1.18 bits per heavy atom. The minimum atomic E-state index is -4.84. The molecular formula is C25H19F6N5O3S. The van der Waals surface area contributed by atoms with Crippen LogP contribution in [0.4, 0.5) is 37.7 Å². The average molecular weight is 584 g/mol. The minimum Gasteiger partial charge on any atom is -0.475 e. The van der Waals surface area contributed by atoms with Crippen LogP contribution in [0.15, 0.2) is 24.4 Å². The summed E-state index contributed by atoms with van der Waals surface area (Å²) in [6.07, 6.45) is -6.98. The van der Waals surface area contributed by atoms with Crippen LogP contribution in [-0.4, -0.2) is 49.8 Å². The van der Waals surface area contributed by atoms with Gasteiger partial charge in [-0.15, -0.1) is 0 Å². The first-order chi connectivity index (χ1) is 18.7. The van der Waals surface area contributed by atoms with Crippen LogP contribution in [0.3, 0.4) is 0 Å². The third kappa shape index (κ3) is 5.00. The molecule has 4 rings (SSSR count). The number of nitrogens with zero attached hydrogens (tertiary/aromatic N) is 5. The fourth-order valence-corrected chi connectivity index (χ4v) is 4.63. The van der Waals surface area contributed by atoms with Gasteiger partial charge in [0.25, 0.3) is 12.3 Å². The minimum absolute atomic E-state index is 0.0597. The van der Waals surface area contributed by atoms with Crippen LogP contribution in [0.25, 0.3) is 10.9 Å². The van der Waals surface area contributed by atoms with Crippen molar-refractivity contribution in [1.29, 1.82) is 0 Å². The van der Waals surface area contributed by atoms with E-state index >= 15 is 4.39 Å². The van der Waals surface area contributed by atoms with Crippen molar-refractivity contribution in [2.24, 2.45) is 0 Å². The summed E-state index contributed by atoms with van der Waals surface area (Å²) in [7, 11) is 0. The number of aliphatic hydroxyl groups is 1. The van der Waals surface area contributed by atoms with Gasteiger partial charge in [0.05, 0.1) is 29.4 Å². The highest BCUT2D eigenvalue weighted by Gasteiger charge is 2.51. The molecule has 0 bridgehead atoms. The van der Waals surface area contributed by atoms with Crippen molar-refractivity contribution in [2.75, 3.05) is 23.0 Å². The average Bonchev–Trinajstić information content (AvgIpc) is 3.05. The number of aliphatic hydroxyl groups excluding tert-OH is 1. The van der Waals surface area contributed by atoms with Gasteiger partial charge in [0.1, 0.15) is 23.4 Å². The first-order valence-electron chi connectivity index (χ1n) is 11.4. The van der Waals surface area contributed by atoms with Gasteiger partial charge in [-0.05, 0) is 57.1 Å². The van der Waals surface area contributed by atoms with Gasteiger partial charge in [-0.3, -0.25) is 9.69 Å². The molecule has 0 aliphatic carbocycles. The highest BCUT2D eigenvalue weighted by atomic mass is 32.1. The molecule has 1 N–H and O–H groups in total. The molecule has 1 amide bonds.